The number of ether oxygens (including phenoxy) is 3. The molecular formula is C12H11O3S. The lowest BCUT2D eigenvalue weighted by Gasteiger charge is -2.10. The van der Waals surface area contributed by atoms with Crippen molar-refractivity contribution in [2.45, 2.75) is 0 Å². The van der Waals surface area contributed by atoms with Crippen LogP contribution >= 0.6 is 11.3 Å². The first-order chi connectivity index (χ1) is 7.83. The molecule has 0 fully saturated rings. The van der Waals surface area contributed by atoms with Gasteiger partial charge in [0.2, 0.25) is 0 Å². The first-order valence-corrected chi connectivity index (χ1v) is 5.56. The van der Waals surface area contributed by atoms with Crippen molar-refractivity contribution in [2.24, 2.45) is 0 Å². The van der Waals surface area contributed by atoms with Gasteiger partial charge in [0, 0.05) is 22.9 Å². The minimum atomic E-state index is 0.644. The molecule has 83 valence electrons. The van der Waals surface area contributed by atoms with Gasteiger partial charge in [-0.1, -0.05) is 0 Å². The minimum Gasteiger partial charge on any atom is -0.497 e. The molecule has 0 spiro atoms. The van der Waals surface area contributed by atoms with Crippen molar-refractivity contribution >= 4 is 11.3 Å². The van der Waals surface area contributed by atoms with E-state index in [9.17, 15) is 0 Å². The summed E-state index contributed by atoms with van der Waals surface area (Å²) in [6, 6.07) is 7.21. The van der Waals surface area contributed by atoms with Gasteiger partial charge in [-0.2, -0.15) is 0 Å². The maximum Gasteiger partial charge on any atom is 0.169 e. The van der Waals surface area contributed by atoms with E-state index in [0.29, 0.717) is 11.5 Å². The van der Waals surface area contributed by atoms with Crippen LogP contribution in [0.4, 0.5) is 0 Å². The van der Waals surface area contributed by atoms with E-state index >= 15 is 0 Å². The summed E-state index contributed by atoms with van der Waals surface area (Å²) in [5.74, 6) is 2.80. The maximum atomic E-state index is 5.64. The highest BCUT2D eigenvalue weighted by Gasteiger charge is 2.07. The van der Waals surface area contributed by atoms with Crippen molar-refractivity contribution in [1.82, 2.24) is 0 Å². The number of benzene rings is 1. The first kappa shape index (κ1) is 10.8. The summed E-state index contributed by atoms with van der Waals surface area (Å²) in [6.07, 6.45) is 0. The number of thiophene rings is 1. The van der Waals surface area contributed by atoms with E-state index in [1.807, 2.05) is 17.5 Å². The predicted octanol–water partition coefficient (Wildman–Crippen LogP) is 3.36. The van der Waals surface area contributed by atoms with Crippen molar-refractivity contribution < 1.29 is 14.2 Å². The molecule has 1 radical (unpaired) electrons. The van der Waals surface area contributed by atoms with Gasteiger partial charge in [0.1, 0.15) is 11.5 Å². The normalized spacial score (nSPS) is 9.88. The van der Waals surface area contributed by atoms with Gasteiger partial charge in [-0.3, -0.25) is 0 Å². The van der Waals surface area contributed by atoms with Gasteiger partial charge in [0.05, 0.1) is 14.2 Å². The highest BCUT2D eigenvalue weighted by Crippen LogP contribution is 2.34. The Morgan fingerprint density at radius 1 is 1.06 bits per heavy atom. The van der Waals surface area contributed by atoms with Gasteiger partial charge in [0.25, 0.3) is 0 Å². The molecule has 0 bridgehead atoms. The Morgan fingerprint density at radius 2 is 1.94 bits per heavy atom. The van der Waals surface area contributed by atoms with E-state index in [-0.39, 0.29) is 0 Å². The van der Waals surface area contributed by atoms with E-state index in [1.54, 1.807) is 26.4 Å². The first-order valence-electron chi connectivity index (χ1n) is 4.68. The lowest BCUT2D eigenvalue weighted by molar-refractivity contribution is 0.369. The Morgan fingerprint density at radius 3 is 2.56 bits per heavy atom. The van der Waals surface area contributed by atoms with Gasteiger partial charge in [0.15, 0.2) is 11.5 Å². The molecule has 0 aliphatic rings. The maximum absolute atomic E-state index is 5.64. The van der Waals surface area contributed by atoms with Crippen molar-refractivity contribution in [3.05, 3.63) is 35.0 Å². The predicted molar refractivity (Wildman–Crippen MR) is 62.8 cm³/mol. The molecule has 0 atom stereocenters. The smallest absolute Gasteiger partial charge is 0.169 e. The molecule has 0 amide bonds. The Hall–Kier alpha value is -1.68. The molecule has 0 saturated heterocycles. The average molecular weight is 235 g/mol. The lowest BCUT2D eigenvalue weighted by atomic mass is 10.3. The molecule has 2 aromatic rings. The van der Waals surface area contributed by atoms with Gasteiger partial charge in [-0.05, 0) is 12.1 Å². The van der Waals surface area contributed by atoms with Crippen LogP contribution in [0.25, 0.3) is 0 Å². The van der Waals surface area contributed by atoms with Crippen molar-refractivity contribution in [3.63, 3.8) is 0 Å². The summed E-state index contributed by atoms with van der Waals surface area (Å²) < 4.78 is 16.0. The van der Waals surface area contributed by atoms with Crippen molar-refractivity contribution in [2.75, 3.05) is 14.2 Å². The van der Waals surface area contributed by atoms with Gasteiger partial charge in [-0.25, -0.2) is 0 Å². The molecule has 1 aromatic heterocycles. The second-order valence-electron chi connectivity index (χ2n) is 3.02. The molecule has 1 aromatic carbocycles. The molecule has 0 aliphatic heterocycles. The van der Waals surface area contributed by atoms with Crippen LogP contribution in [0.1, 0.15) is 0 Å². The highest BCUT2D eigenvalue weighted by atomic mass is 32.1. The SMILES string of the molecule is COc1ccc(Oc2c[c]sc2)c(OC)c1. The molecule has 3 nitrogen and oxygen atoms in total. The summed E-state index contributed by atoms with van der Waals surface area (Å²) >= 11 is 1.46. The molecule has 0 unspecified atom stereocenters. The van der Waals surface area contributed by atoms with Crippen LogP contribution in [0, 0.1) is 5.38 Å². The van der Waals surface area contributed by atoms with Crippen LogP contribution in [0.2, 0.25) is 0 Å². The Bertz CT molecular complexity index is 451. The fourth-order valence-electron chi connectivity index (χ4n) is 1.26. The topological polar surface area (TPSA) is 27.7 Å². The van der Waals surface area contributed by atoms with Crippen LogP contribution in [-0.4, -0.2) is 14.2 Å². The molecule has 1 heterocycles. The molecule has 0 saturated carbocycles. The Labute approximate surface area is 98.2 Å². The van der Waals surface area contributed by atoms with Crippen LogP contribution in [-0.2, 0) is 0 Å². The fourth-order valence-corrected chi connectivity index (χ4v) is 1.74. The number of rotatable bonds is 4. The largest absolute Gasteiger partial charge is 0.497 e. The van der Waals surface area contributed by atoms with E-state index in [4.69, 9.17) is 14.2 Å². The average Bonchev–Trinajstić information content (AvgIpc) is 2.82. The van der Waals surface area contributed by atoms with E-state index < -0.39 is 0 Å². The van der Waals surface area contributed by atoms with Crippen LogP contribution in [0.5, 0.6) is 23.0 Å². The molecular weight excluding hydrogens is 224 g/mol. The fraction of sp³-hybridized carbons (Fsp3) is 0.167. The van der Waals surface area contributed by atoms with Crippen LogP contribution < -0.4 is 14.2 Å². The van der Waals surface area contributed by atoms with Crippen LogP contribution in [0.3, 0.4) is 0 Å². The van der Waals surface area contributed by atoms with Gasteiger partial charge < -0.3 is 14.2 Å². The monoisotopic (exact) mass is 235 g/mol. The minimum absolute atomic E-state index is 0.644. The quantitative estimate of drug-likeness (QED) is 0.813. The zero-order valence-electron chi connectivity index (χ0n) is 9.02. The second kappa shape index (κ2) is 4.90. The van der Waals surface area contributed by atoms with E-state index in [0.717, 1.165) is 11.5 Å². The summed E-state index contributed by atoms with van der Waals surface area (Å²) in [7, 11) is 3.21. The third kappa shape index (κ3) is 2.28. The number of hydrogen-bond donors (Lipinski definition) is 0. The lowest BCUT2D eigenvalue weighted by Crippen LogP contribution is -1.91. The van der Waals surface area contributed by atoms with Crippen molar-refractivity contribution in [3.8, 4) is 23.0 Å². The summed E-state index contributed by atoms with van der Waals surface area (Å²) in [5, 5.41) is 4.84. The van der Waals surface area contributed by atoms with E-state index in [2.05, 4.69) is 5.38 Å². The molecule has 4 heteroatoms. The van der Waals surface area contributed by atoms with Crippen molar-refractivity contribution in [1.29, 1.82) is 0 Å². The standard InChI is InChI=1S/C12H11O3S/c1-13-9-3-4-11(12(7-9)14-2)15-10-5-6-16-8-10/h3-5,7-8H,1-2H3. The zero-order valence-corrected chi connectivity index (χ0v) is 9.84. The highest BCUT2D eigenvalue weighted by molar-refractivity contribution is 7.07. The third-order valence-corrected chi connectivity index (χ3v) is 2.65. The summed E-state index contributed by atoms with van der Waals surface area (Å²) in [5.41, 5.74) is 0. The number of methoxy groups -OCH3 is 2. The molecule has 2 rings (SSSR count). The Balaban J connectivity index is 2.26. The number of hydrogen-bond acceptors (Lipinski definition) is 4. The van der Waals surface area contributed by atoms with E-state index in [1.165, 1.54) is 11.3 Å². The molecule has 16 heavy (non-hydrogen) atoms. The second-order valence-corrected chi connectivity index (χ2v) is 3.73. The third-order valence-electron chi connectivity index (χ3n) is 2.04. The molecule has 0 N–H and O–H groups in total. The van der Waals surface area contributed by atoms with Gasteiger partial charge >= 0.3 is 0 Å². The van der Waals surface area contributed by atoms with Gasteiger partial charge in [-0.15, -0.1) is 11.3 Å². The van der Waals surface area contributed by atoms with Crippen LogP contribution in [0.15, 0.2) is 29.6 Å². The summed E-state index contributed by atoms with van der Waals surface area (Å²) in [4.78, 5) is 0. The zero-order chi connectivity index (χ0) is 11.4. The summed E-state index contributed by atoms with van der Waals surface area (Å²) in [6.45, 7) is 0. The Kier molecular flexibility index (Phi) is 3.31. The molecule has 0 aliphatic carbocycles.